The third-order valence-electron chi connectivity index (χ3n) is 11.0. The van der Waals surface area contributed by atoms with Crippen molar-refractivity contribution in [2.75, 3.05) is 6.54 Å². The van der Waals surface area contributed by atoms with Crippen LogP contribution in [0.4, 0.5) is 5.69 Å². The number of carbonyl (C=O) groups excluding carboxylic acids is 1. The lowest BCUT2D eigenvalue weighted by Gasteiger charge is -2.28. The molecule has 0 radical (unpaired) electrons. The third-order valence-corrected chi connectivity index (χ3v) is 11.0. The summed E-state index contributed by atoms with van der Waals surface area (Å²) < 4.78 is 4.76. The van der Waals surface area contributed by atoms with E-state index in [2.05, 4.69) is 110 Å². The SMILES string of the molecule is CCCCC(CC)Cn1/c(=C/C2=C([O-])C(=C/C3=[N+](CC(CC)CCCC)c4cccc5cccc3c45)/C2=O)c2cccc3cccc1c32. The summed E-state index contributed by atoms with van der Waals surface area (Å²) in [6.07, 6.45) is 13.1. The molecule has 0 N–H and O–H groups in total. The van der Waals surface area contributed by atoms with Crippen LogP contribution in [-0.4, -0.2) is 27.2 Å². The quantitative estimate of drug-likeness (QED) is 0.0902. The first-order chi connectivity index (χ1) is 23.5. The Hall–Kier alpha value is -4.44. The minimum Gasteiger partial charge on any atom is -0.871 e. The molecule has 2 aliphatic rings. The van der Waals surface area contributed by atoms with Crippen LogP contribution in [-0.2, 0) is 11.3 Å². The number of unbranched alkanes of at least 4 members (excludes halogenated alkanes) is 2. The van der Waals surface area contributed by atoms with Gasteiger partial charge in [0, 0.05) is 57.4 Å². The number of benzene rings is 4. The average molecular weight is 637 g/mol. The Morgan fingerprint density at radius 2 is 1.42 bits per heavy atom. The summed E-state index contributed by atoms with van der Waals surface area (Å²) >= 11 is 0. The number of hydrogen-bond donors (Lipinski definition) is 0. The Balaban J connectivity index is 1.35. The van der Waals surface area contributed by atoms with Gasteiger partial charge in [-0.05, 0) is 54.2 Å². The summed E-state index contributed by atoms with van der Waals surface area (Å²) in [5, 5.41) is 20.9. The van der Waals surface area contributed by atoms with Gasteiger partial charge in [0.25, 0.3) is 0 Å². The fourth-order valence-electron chi connectivity index (χ4n) is 8.09. The molecule has 5 aromatic rings. The van der Waals surface area contributed by atoms with Crippen molar-refractivity contribution in [3.05, 3.63) is 107 Å². The van der Waals surface area contributed by atoms with Gasteiger partial charge in [0.2, 0.25) is 11.4 Å². The van der Waals surface area contributed by atoms with Crippen LogP contribution >= 0.6 is 0 Å². The fourth-order valence-corrected chi connectivity index (χ4v) is 8.09. The van der Waals surface area contributed by atoms with Gasteiger partial charge in [0.1, 0.15) is 0 Å². The molecule has 7 rings (SSSR count). The number of nitrogens with zero attached hydrogens (tertiary/aromatic N) is 2. The lowest BCUT2D eigenvalue weighted by Crippen LogP contribution is -2.32. The Kier molecular flexibility index (Phi) is 9.09. The first-order valence-electron chi connectivity index (χ1n) is 18.3. The summed E-state index contributed by atoms with van der Waals surface area (Å²) in [6.45, 7) is 10.8. The van der Waals surface area contributed by atoms with Gasteiger partial charge >= 0.3 is 0 Å². The molecule has 0 spiro atoms. The molecule has 1 aliphatic heterocycles. The van der Waals surface area contributed by atoms with E-state index in [0.717, 1.165) is 47.9 Å². The van der Waals surface area contributed by atoms with E-state index in [9.17, 15) is 9.90 Å². The molecule has 0 bridgehead atoms. The highest BCUT2D eigenvalue weighted by Gasteiger charge is 2.35. The largest absolute Gasteiger partial charge is 0.871 e. The van der Waals surface area contributed by atoms with E-state index in [4.69, 9.17) is 0 Å². The first-order valence-corrected chi connectivity index (χ1v) is 18.3. The molecule has 4 aromatic carbocycles. The molecular weight excluding hydrogens is 588 g/mol. The molecule has 0 saturated carbocycles. The zero-order chi connectivity index (χ0) is 33.4. The van der Waals surface area contributed by atoms with Crippen LogP contribution in [0.1, 0.15) is 84.6 Å². The minimum atomic E-state index is -0.151. The smallest absolute Gasteiger partial charge is 0.214 e. The maximum absolute atomic E-state index is 14.0. The van der Waals surface area contributed by atoms with Crippen molar-refractivity contribution in [1.82, 2.24) is 4.57 Å². The van der Waals surface area contributed by atoms with Crippen LogP contribution in [0.3, 0.4) is 0 Å². The zero-order valence-corrected chi connectivity index (χ0v) is 29.0. The standard InChI is InChI=1S/C44H48N2O2/c1-5-9-15-29(7-3)27-45-37-23-13-19-31-17-11-21-33(41(31)37)39(45)25-35-43(47)36(44(35)48)26-40-34-22-12-18-32-20-14-24-38(42(32)34)46(40)28-30(8-4)16-10-6-2/h11-14,17-26,29-30H,5-10,15-16,27-28H2,1-4H3. The number of allylic oxidation sites excluding steroid dienone is 3. The number of Topliss-reactive ketones (excluding diaryl/α,β-unsaturated/α-hetero) is 1. The van der Waals surface area contributed by atoms with E-state index in [1.54, 1.807) is 0 Å². The summed E-state index contributed by atoms with van der Waals surface area (Å²) in [5.74, 6) is 0.762. The molecule has 246 valence electrons. The van der Waals surface area contributed by atoms with Gasteiger partial charge < -0.3 is 9.67 Å². The van der Waals surface area contributed by atoms with Gasteiger partial charge in [0.15, 0.2) is 12.3 Å². The van der Waals surface area contributed by atoms with Gasteiger partial charge in [-0.25, -0.2) is 0 Å². The van der Waals surface area contributed by atoms with Crippen molar-refractivity contribution in [3.8, 4) is 0 Å². The Morgan fingerprint density at radius 1 is 0.771 bits per heavy atom. The number of aromatic nitrogens is 1. The van der Waals surface area contributed by atoms with Crippen molar-refractivity contribution >= 4 is 55.7 Å². The average Bonchev–Trinajstić information content (AvgIpc) is 3.59. The predicted octanol–water partition coefficient (Wildman–Crippen LogP) is 9.15. The molecule has 4 heteroatoms. The number of ketones is 1. The van der Waals surface area contributed by atoms with Crippen molar-refractivity contribution < 1.29 is 14.5 Å². The van der Waals surface area contributed by atoms with Gasteiger partial charge in [-0.3, -0.25) is 4.79 Å². The van der Waals surface area contributed by atoms with E-state index in [-0.39, 0.29) is 11.5 Å². The zero-order valence-electron chi connectivity index (χ0n) is 29.0. The molecule has 48 heavy (non-hydrogen) atoms. The van der Waals surface area contributed by atoms with Crippen molar-refractivity contribution in [2.24, 2.45) is 11.8 Å². The molecule has 1 aromatic heterocycles. The molecule has 4 nitrogen and oxygen atoms in total. The maximum Gasteiger partial charge on any atom is 0.214 e. The van der Waals surface area contributed by atoms with Gasteiger partial charge in [-0.2, -0.15) is 4.58 Å². The van der Waals surface area contributed by atoms with Crippen LogP contribution in [0.5, 0.6) is 0 Å². The number of hydrogen-bond acceptors (Lipinski definition) is 2. The van der Waals surface area contributed by atoms with Crippen molar-refractivity contribution in [1.29, 1.82) is 0 Å². The van der Waals surface area contributed by atoms with Crippen LogP contribution < -0.4 is 10.5 Å². The summed E-state index contributed by atoms with van der Waals surface area (Å²) in [5.41, 5.74) is 5.02. The van der Waals surface area contributed by atoms with E-state index >= 15 is 0 Å². The summed E-state index contributed by atoms with van der Waals surface area (Å²) in [4.78, 5) is 14.0. The highest BCUT2D eigenvalue weighted by atomic mass is 16.3. The van der Waals surface area contributed by atoms with Crippen LogP contribution in [0.25, 0.3) is 38.5 Å². The second-order valence-electron chi connectivity index (χ2n) is 14.0. The van der Waals surface area contributed by atoms with Crippen LogP contribution in [0.2, 0.25) is 0 Å². The van der Waals surface area contributed by atoms with Crippen LogP contribution in [0.15, 0.2) is 95.8 Å². The molecule has 0 saturated heterocycles. The highest BCUT2D eigenvalue weighted by Crippen LogP contribution is 2.38. The molecule has 0 amide bonds. The Morgan fingerprint density at radius 3 is 2.10 bits per heavy atom. The summed E-state index contributed by atoms with van der Waals surface area (Å²) in [6, 6.07) is 25.7. The molecule has 2 atom stereocenters. The van der Waals surface area contributed by atoms with Gasteiger partial charge in [-0.15, -0.1) is 0 Å². The van der Waals surface area contributed by atoms with Crippen molar-refractivity contribution in [3.63, 3.8) is 0 Å². The molecule has 1 aliphatic carbocycles. The second-order valence-corrected chi connectivity index (χ2v) is 14.0. The van der Waals surface area contributed by atoms with E-state index in [1.807, 2.05) is 12.2 Å². The summed E-state index contributed by atoms with van der Waals surface area (Å²) in [7, 11) is 0. The Labute approximate surface area is 284 Å². The highest BCUT2D eigenvalue weighted by molar-refractivity contribution is 6.29. The van der Waals surface area contributed by atoms with Gasteiger partial charge in [-0.1, -0.05) is 120 Å². The molecular formula is C44H48N2O2. The van der Waals surface area contributed by atoms with Crippen molar-refractivity contribution in [2.45, 2.75) is 85.6 Å². The Bertz CT molecular complexity index is 2170. The maximum atomic E-state index is 14.0. The van der Waals surface area contributed by atoms with E-state index in [0.29, 0.717) is 23.0 Å². The first kappa shape index (κ1) is 32.1. The lowest BCUT2D eigenvalue weighted by atomic mass is 9.86. The molecule has 2 unspecified atom stereocenters. The molecule has 2 heterocycles. The van der Waals surface area contributed by atoms with E-state index in [1.165, 1.54) is 71.3 Å². The van der Waals surface area contributed by atoms with E-state index < -0.39 is 0 Å². The topological polar surface area (TPSA) is 48.1 Å². The second kappa shape index (κ2) is 13.6. The monoisotopic (exact) mass is 636 g/mol. The van der Waals surface area contributed by atoms with Crippen LogP contribution in [0, 0.1) is 11.8 Å². The minimum absolute atomic E-state index is 0.151. The van der Waals surface area contributed by atoms with Gasteiger partial charge in [0.05, 0.1) is 10.9 Å². The predicted molar refractivity (Wildman–Crippen MR) is 199 cm³/mol. The third kappa shape index (κ3) is 5.49. The normalized spacial score (nSPS) is 17.1. The molecule has 0 fully saturated rings. The number of carbonyl (C=O) groups is 1. The number of rotatable bonds is 14. The fraction of sp³-hybridized carbons (Fsp3) is 0.364. The lowest BCUT2D eigenvalue weighted by molar-refractivity contribution is -0.445.